The van der Waals surface area contributed by atoms with Crippen molar-refractivity contribution >= 4 is 17.9 Å². The Kier molecular flexibility index (Phi) is 9.95. The molecule has 3 atom stereocenters. The van der Waals surface area contributed by atoms with Crippen LogP contribution in [0.4, 0.5) is 4.79 Å². The third kappa shape index (κ3) is 7.35. The van der Waals surface area contributed by atoms with Crippen molar-refractivity contribution in [1.29, 1.82) is 0 Å². The van der Waals surface area contributed by atoms with Gasteiger partial charge in [0.05, 0.1) is 42.3 Å². The number of carbonyl (C=O) groups is 3. The molecule has 3 aromatic heterocycles. The summed E-state index contributed by atoms with van der Waals surface area (Å²) in [7, 11) is 1.43. The summed E-state index contributed by atoms with van der Waals surface area (Å²) in [5.41, 5.74) is 7.26. The Morgan fingerprint density at radius 1 is 0.709 bits per heavy atom. The third-order valence-corrected chi connectivity index (χ3v) is 10.8. The fraction of sp³-hybridized carbons (Fsp3) is 0.256. The van der Waals surface area contributed by atoms with E-state index in [0.29, 0.717) is 24.5 Å². The number of pyridine rings is 1. The van der Waals surface area contributed by atoms with Gasteiger partial charge in [-0.2, -0.15) is 0 Å². The van der Waals surface area contributed by atoms with Gasteiger partial charge in [-0.25, -0.2) is 14.8 Å². The lowest BCUT2D eigenvalue weighted by Gasteiger charge is -2.32. The van der Waals surface area contributed by atoms with Gasteiger partial charge in [-0.1, -0.05) is 84.9 Å². The molecule has 0 spiro atoms. The van der Waals surface area contributed by atoms with Gasteiger partial charge in [0.15, 0.2) is 0 Å². The second-order valence-corrected chi connectivity index (χ2v) is 14.2. The van der Waals surface area contributed by atoms with E-state index in [0.717, 1.165) is 75.7 Å². The first-order chi connectivity index (χ1) is 26.8. The molecule has 0 saturated carbocycles. The van der Waals surface area contributed by atoms with Crippen LogP contribution >= 0.6 is 0 Å². The molecule has 3 N–H and O–H groups in total. The quantitative estimate of drug-likeness (QED) is 0.132. The number of carbonyl (C=O) groups excluding carboxylic acids is 2. The van der Waals surface area contributed by atoms with Crippen molar-refractivity contribution in [2.24, 2.45) is 0 Å². The molecule has 2 saturated heterocycles. The van der Waals surface area contributed by atoms with Gasteiger partial charge in [-0.05, 0) is 65.6 Å². The van der Waals surface area contributed by atoms with Crippen molar-refractivity contribution < 1.29 is 19.5 Å². The van der Waals surface area contributed by atoms with E-state index in [1.54, 1.807) is 29.4 Å². The van der Waals surface area contributed by atoms with E-state index < -0.39 is 12.1 Å². The fourth-order valence-electron chi connectivity index (χ4n) is 7.85. The predicted octanol–water partition coefficient (Wildman–Crippen LogP) is 7.45. The maximum absolute atomic E-state index is 13.9. The highest BCUT2D eigenvalue weighted by Crippen LogP contribution is 2.36. The van der Waals surface area contributed by atoms with E-state index in [2.05, 4.69) is 68.5 Å². The highest BCUT2D eigenvalue weighted by atomic mass is 16.4. The van der Waals surface area contributed by atoms with Crippen LogP contribution in [0.25, 0.3) is 33.6 Å². The molecule has 12 nitrogen and oxygen atoms in total. The molecule has 2 fully saturated rings. The number of imidazole rings is 2. The highest BCUT2D eigenvalue weighted by molar-refractivity contribution is 5.87. The summed E-state index contributed by atoms with van der Waals surface area (Å²) in [6.07, 6.45) is 7.80. The van der Waals surface area contributed by atoms with Crippen LogP contribution in [-0.4, -0.2) is 82.8 Å². The number of hydrogen-bond donors (Lipinski definition) is 3. The van der Waals surface area contributed by atoms with Crippen molar-refractivity contribution in [1.82, 2.24) is 39.6 Å². The van der Waals surface area contributed by atoms with E-state index in [1.165, 1.54) is 7.05 Å². The lowest BCUT2D eigenvalue weighted by atomic mass is 10.0. The summed E-state index contributed by atoms with van der Waals surface area (Å²) in [6, 6.07) is 29.9. The summed E-state index contributed by atoms with van der Waals surface area (Å²) in [5.74, 6) is 1.29. The van der Waals surface area contributed by atoms with Crippen LogP contribution in [0, 0.1) is 0 Å². The standard InChI is InChI=1S/C43H42N8O4/c1-49(43(54)55)39(32-9-3-2-4-10-32)42(53)51-24-8-13-37(51)41-46-27-35(48-41)31-20-16-29(17-21-31)28-14-18-30(19-15-28)34-26-45-40(47-34)36-12-7-23-50(36)38(52)25-33-11-5-6-22-44-33/h2-6,9-11,14-22,26-27,36-37,39H,7-8,12-13,23-25H2,1H3,(H,45,47)(H,46,48)(H,54,55)/t36-,37-,39+/m0/s1. The molecule has 8 rings (SSSR count). The lowest BCUT2D eigenvalue weighted by molar-refractivity contribution is -0.137. The number of aromatic nitrogens is 5. The van der Waals surface area contributed by atoms with E-state index >= 15 is 0 Å². The Balaban J connectivity index is 0.927. The Bertz CT molecular complexity index is 2270. The highest BCUT2D eigenvalue weighted by Gasteiger charge is 2.39. The van der Waals surface area contributed by atoms with Gasteiger partial charge in [-0.15, -0.1) is 0 Å². The second kappa shape index (κ2) is 15.4. The number of H-pyrrole nitrogens is 2. The van der Waals surface area contributed by atoms with Crippen LogP contribution < -0.4 is 0 Å². The third-order valence-electron chi connectivity index (χ3n) is 10.8. The minimum Gasteiger partial charge on any atom is -0.465 e. The number of carboxylic acid groups (broad SMARTS) is 1. The van der Waals surface area contributed by atoms with Crippen LogP contribution in [0.3, 0.4) is 0 Å². The van der Waals surface area contributed by atoms with Gasteiger partial charge in [0.1, 0.15) is 17.7 Å². The lowest BCUT2D eigenvalue weighted by Crippen LogP contribution is -2.43. The van der Waals surface area contributed by atoms with Gasteiger partial charge in [0.25, 0.3) is 5.91 Å². The molecule has 0 bridgehead atoms. The van der Waals surface area contributed by atoms with Crippen molar-refractivity contribution in [2.75, 3.05) is 20.1 Å². The van der Waals surface area contributed by atoms with Crippen LogP contribution in [0.1, 0.15) is 66.7 Å². The van der Waals surface area contributed by atoms with Crippen molar-refractivity contribution in [3.63, 3.8) is 0 Å². The Morgan fingerprint density at radius 3 is 1.78 bits per heavy atom. The predicted molar refractivity (Wildman–Crippen MR) is 207 cm³/mol. The summed E-state index contributed by atoms with van der Waals surface area (Å²) in [4.78, 5) is 64.4. The Hall–Kier alpha value is -6.56. The van der Waals surface area contributed by atoms with Crippen LogP contribution in [0.15, 0.2) is 116 Å². The molecule has 3 aromatic carbocycles. The zero-order valence-corrected chi connectivity index (χ0v) is 30.5. The molecule has 2 aliphatic heterocycles. The fourth-order valence-corrected chi connectivity index (χ4v) is 7.85. The molecule has 0 unspecified atom stereocenters. The number of nitrogens with zero attached hydrogens (tertiary/aromatic N) is 6. The topological polar surface area (TPSA) is 151 Å². The van der Waals surface area contributed by atoms with E-state index in [1.807, 2.05) is 47.5 Å². The Morgan fingerprint density at radius 2 is 1.24 bits per heavy atom. The van der Waals surface area contributed by atoms with Gasteiger partial charge >= 0.3 is 6.09 Å². The maximum atomic E-state index is 13.9. The molecule has 5 heterocycles. The number of amides is 3. The molecular weight excluding hydrogens is 693 g/mol. The zero-order valence-electron chi connectivity index (χ0n) is 30.5. The van der Waals surface area contributed by atoms with Crippen molar-refractivity contribution in [2.45, 2.75) is 50.2 Å². The number of rotatable bonds is 10. The molecule has 0 aliphatic carbocycles. The van der Waals surface area contributed by atoms with Crippen LogP contribution in [-0.2, 0) is 16.0 Å². The van der Waals surface area contributed by atoms with Crippen molar-refractivity contribution in [3.05, 3.63) is 139 Å². The largest absolute Gasteiger partial charge is 0.465 e. The number of hydrogen-bond acceptors (Lipinski definition) is 6. The first-order valence-corrected chi connectivity index (χ1v) is 18.7. The average molecular weight is 735 g/mol. The number of likely N-dealkylation sites (tertiary alicyclic amines) is 2. The number of aromatic amines is 2. The smallest absolute Gasteiger partial charge is 0.407 e. The number of nitrogens with one attached hydrogen (secondary N) is 2. The normalized spacial score (nSPS) is 17.3. The summed E-state index contributed by atoms with van der Waals surface area (Å²) in [6.45, 7) is 1.24. The monoisotopic (exact) mass is 734 g/mol. The van der Waals surface area contributed by atoms with Crippen LogP contribution in [0.5, 0.6) is 0 Å². The molecule has 278 valence electrons. The first kappa shape index (κ1) is 35.5. The molecule has 0 radical (unpaired) electrons. The molecule has 2 aliphatic rings. The van der Waals surface area contributed by atoms with E-state index in [4.69, 9.17) is 4.98 Å². The van der Waals surface area contributed by atoms with Gasteiger partial charge in [0.2, 0.25) is 5.91 Å². The average Bonchev–Trinajstić information content (AvgIpc) is 4.06. The minimum absolute atomic E-state index is 0.0647. The van der Waals surface area contributed by atoms with Gasteiger partial charge in [-0.3, -0.25) is 19.5 Å². The first-order valence-electron chi connectivity index (χ1n) is 18.7. The Labute approximate surface area is 318 Å². The van der Waals surface area contributed by atoms with E-state index in [-0.39, 0.29) is 30.3 Å². The minimum atomic E-state index is -1.16. The SMILES string of the molecule is CN(C(=O)O)[C@@H](C(=O)N1CCC[C@H]1c1ncc(-c2ccc(-c3ccc(-c4cnc([C@@H]5CCCN5C(=O)Cc5ccccn5)[nH]4)cc3)cc2)[nH]1)c1ccccc1. The molecule has 12 heteroatoms. The van der Waals surface area contributed by atoms with Crippen molar-refractivity contribution in [3.8, 4) is 33.6 Å². The maximum Gasteiger partial charge on any atom is 0.407 e. The van der Waals surface area contributed by atoms with Gasteiger partial charge < -0.3 is 24.9 Å². The van der Waals surface area contributed by atoms with E-state index in [9.17, 15) is 19.5 Å². The summed E-state index contributed by atoms with van der Waals surface area (Å²) < 4.78 is 0. The molecule has 55 heavy (non-hydrogen) atoms. The van der Waals surface area contributed by atoms with Gasteiger partial charge in [0, 0.05) is 32.0 Å². The van der Waals surface area contributed by atoms with Crippen LogP contribution in [0.2, 0.25) is 0 Å². The molecule has 6 aromatic rings. The summed E-state index contributed by atoms with van der Waals surface area (Å²) >= 11 is 0. The number of benzene rings is 3. The second-order valence-electron chi connectivity index (χ2n) is 14.2. The molecule has 3 amide bonds. The summed E-state index contributed by atoms with van der Waals surface area (Å²) in [5, 5.41) is 9.78. The molecular formula is C43H42N8O4. The number of likely N-dealkylation sites (N-methyl/N-ethyl adjacent to an activating group) is 1. The zero-order chi connectivity index (χ0) is 37.9.